The average Bonchev–Trinajstić information content (AvgIpc) is 3.46. The minimum atomic E-state index is -0.231. The molecule has 2 heterocycles. The third kappa shape index (κ3) is 5.62. The van der Waals surface area contributed by atoms with Crippen LogP contribution in [0.3, 0.4) is 0 Å². The second-order valence-corrected chi connectivity index (χ2v) is 9.37. The van der Waals surface area contributed by atoms with E-state index >= 15 is 0 Å². The number of methoxy groups -OCH3 is 3. The number of ether oxygens (including phenoxy) is 3. The van der Waals surface area contributed by atoms with Gasteiger partial charge in [0.2, 0.25) is 5.91 Å². The molecule has 2 aromatic carbocycles. The molecule has 0 aliphatic rings. The largest absolute Gasteiger partial charge is 0.497 e. The van der Waals surface area contributed by atoms with E-state index in [9.17, 15) is 10.1 Å². The van der Waals surface area contributed by atoms with Crippen molar-refractivity contribution < 1.29 is 19.0 Å². The van der Waals surface area contributed by atoms with Crippen LogP contribution in [-0.4, -0.2) is 38.0 Å². The zero-order valence-corrected chi connectivity index (χ0v) is 21.5. The standard InChI is InChI=1S/C27H23N3O4S2/c1-32-19-9-6-17(7-10-19)22-14-20(25-5-4-12-35-25)21(15-28)27(30-22)36-16-26(31)29-18-8-11-23(33-2)24(13-18)34-3/h4-14H,16H2,1-3H3,(H,29,31). The summed E-state index contributed by atoms with van der Waals surface area (Å²) in [6, 6.07) is 20.8. The number of thiophene rings is 1. The van der Waals surface area contributed by atoms with Gasteiger partial charge in [0.05, 0.1) is 38.3 Å². The number of anilines is 1. The first-order valence-corrected chi connectivity index (χ1v) is 12.7. The minimum Gasteiger partial charge on any atom is -0.497 e. The van der Waals surface area contributed by atoms with E-state index < -0.39 is 0 Å². The molecule has 182 valence electrons. The number of pyridine rings is 1. The van der Waals surface area contributed by atoms with Gasteiger partial charge in [0.25, 0.3) is 0 Å². The topological polar surface area (TPSA) is 93.5 Å². The van der Waals surface area contributed by atoms with Crippen LogP contribution in [-0.2, 0) is 4.79 Å². The summed E-state index contributed by atoms with van der Waals surface area (Å²) in [4.78, 5) is 18.5. The number of carbonyl (C=O) groups excluding carboxylic acids is 1. The van der Waals surface area contributed by atoms with Crippen LogP contribution < -0.4 is 19.5 Å². The molecule has 4 aromatic rings. The van der Waals surface area contributed by atoms with Gasteiger partial charge in [-0.1, -0.05) is 17.8 Å². The first-order valence-electron chi connectivity index (χ1n) is 10.8. The number of hydrogen-bond donors (Lipinski definition) is 1. The molecule has 1 N–H and O–H groups in total. The Balaban J connectivity index is 1.62. The number of nitrogens with one attached hydrogen (secondary N) is 1. The summed E-state index contributed by atoms with van der Waals surface area (Å²) >= 11 is 2.77. The zero-order chi connectivity index (χ0) is 25.5. The highest BCUT2D eigenvalue weighted by molar-refractivity contribution is 8.00. The number of aromatic nitrogens is 1. The quantitative estimate of drug-likeness (QED) is 0.268. The monoisotopic (exact) mass is 517 g/mol. The number of nitrogens with zero attached hydrogens (tertiary/aromatic N) is 2. The Bertz CT molecular complexity index is 1400. The summed E-state index contributed by atoms with van der Waals surface area (Å²) in [6.45, 7) is 0. The van der Waals surface area contributed by atoms with Crippen LogP contribution in [0.4, 0.5) is 5.69 Å². The Morgan fingerprint density at radius 1 is 1.03 bits per heavy atom. The lowest BCUT2D eigenvalue weighted by Crippen LogP contribution is -2.14. The lowest BCUT2D eigenvalue weighted by Gasteiger charge is -2.13. The van der Waals surface area contributed by atoms with E-state index in [4.69, 9.17) is 19.2 Å². The molecule has 1 amide bonds. The summed E-state index contributed by atoms with van der Waals surface area (Å²) in [5.74, 6) is 1.68. The van der Waals surface area contributed by atoms with E-state index in [0.29, 0.717) is 33.5 Å². The van der Waals surface area contributed by atoms with E-state index in [1.54, 1.807) is 43.8 Å². The SMILES string of the molecule is COc1ccc(-c2cc(-c3cccs3)c(C#N)c(SCC(=O)Nc3ccc(OC)c(OC)c3)n2)cc1. The second-order valence-electron chi connectivity index (χ2n) is 7.46. The van der Waals surface area contributed by atoms with Gasteiger partial charge in [0, 0.05) is 27.8 Å². The summed E-state index contributed by atoms with van der Waals surface area (Å²) < 4.78 is 15.8. The van der Waals surface area contributed by atoms with E-state index in [1.165, 1.54) is 18.9 Å². The molecule has 0 saturated carbocycles. The fraction of sp³-hybridized carbons (Fsp3) is 0.148. The van der Waals surface area contributed by atoms with Gasteiger partial charge in [-0.05, 0) is 53.9 Å². The highest BCUT2D eigenvalue weighted by Crippen LogP contribution is 2.36. The molecule has 0 aliphatic carbocycles. The van der Waals surface area contributed by atoms with Gasteiger partial charge in [-0.2, -0.15) is 5.26 Å². The number of nitriles is 1. The second kappa shape index (κ2) is 11.6. The van der Waals surface area contributed by atoms with Gasteiger partial charge in [0.15, 0.2) is 11.5 Å². The van der Waals surface area contributed by atoms with Crippen molar-refractivity contribution in [3.63, 3.8) is 0 Å². The van der Waals surface area contributed by atoms with Crippen LogP contribution in [0.5, 0.6) is 17.2 Å². The fourth-order valence-corrected chi connectivity index (χ4v) is 5.07. The van der Waals surface area contributed by atoms with Crippen molar-refractivity contribution in [2.24, 2.45) is 0 Å². The van der Waals surface area contributed by atoms with Crippen LogP contribution >= 0.6 is 23.1 Å². The predicted molar refractivity (Wildman–Crippen MR) is 143 cm³/mol. The summed E-state index contributed by atoms with van der Waals surface area (Å²) in [5, 5.41) is 15.3. The summed E-state index contributed by atoms with van der Waals surface area (Å²) in [5.41, 5.74) is 3.41. The van der Waals surface area contributed by atoms with Gasteiger partial charge >= 0.3 is 0 Å². The highest BCUT2D eigenvalue weighted by atomic mass is 32.2. The molecule has 36 heavy (non-hydrogen) atoms. The molecule has 0 atom stereocenters. The van der Waals surface area contributed by atoms with Crippen molar-refractivity contribution in [2.45, 2.75) is 5.03 Å². The molecular formula is C27H23N3O4S2. The third-order valence-corrected chi connectivity index (χ3v) is 7.16. The summed E-state index contributed by atoms with van der Waals surface area (Å²) in [6.07, 6.45) is 0. The first kappa shape index (κ1) is 25.1. The van der Waals surface area contributed by atoms with Gasteiger partial charge in [-0.25, -0.2) is 4.98 Å². The molecular weight excluding hydrogens is 494 g/mol. The molecule has 7 nitrogen and oxygen atoms in total. The Kier molecular flexibility index (Phi) is 8.10. The molecule has 9 heteroatoms. The molecule has 0 aliphatic heterocycles. The number of amides is 1. The van der Waals surface area contributed by atoms with E-state index in [-0.39, 0.29) is 11.7 Å². The molecule has 0 unspecified atom stereocenters. The maximum absolute atomic E-state index is 12.8. The van der Waals surface area contributed by atoms with Crippen LogP contribution in [0.2, 0.25) is 0 Å². The number of thioether (sulfide) groups is 1. The maximum atomic E-state index is 12.8. The van der Waals surface area contributed by atoms with E-state index in [1.807, 2.05) is 47.8 Å². The van der Waals surface area contributed by atoms with Gasteiger partial charge in [-0.3, -0.25) is 4.79 Å². The van der Waals surface area contributed by atoms with Gasteiger partial charge in [-0.15, -0.1) is 11.3 Å². The Morgan fingerprint density at radius 3 is 2.44 bits per heavy atom. The molecule has 4 rings (SSSR count). The predicted octanol–water partition coefficient (Wildman–Crippen LogP) is 6.11. The number of hydrogen-bond acceptors (Lipinski definition) is 8. The van der Waals surface area contributed by atoms with Crippen molar-refractivity contribution >= 4 is 34.7 Å². The van der Waals surface area contributed by atoms with E-state index in [0.717, 1.165) is 21.8 Å². The fourth-order valence-electron chi connectivity index (χ4n) is 3.51. The summed E-state index contributed by atoms with van der Waals surface area (Å²) in [7, 11) is 4.71. The minimum absolute atomic E-state index is 0.0754. The molecule has 0 saturated heterocycles. The van der Waals surface area contributed by atoms with Crippen molar-refractivity contribution in [3.05, 3.63) is 71.6 Å². The molecule has 0 radical (unpaired) electrons. The number of benzene rings is 2. The van der Waals surface area contributed by atoms with Crippen LogP contribution in [0.25, 0.3) is 21.7 Å². The van der Waals surface area contributed by atoms with Crippen LogP contribution in [0.1, 0.15) is 5.56 Å². The van der Waals surface area contributed by atoms with Crippen LogP contribution in [0.15, 0.2) is 71.1 Å². The van der Waals surface area contributed by atoms with Gasteiger partial charge in [0.1, 0.15) is 16.8 Å². The smallest absolute Gasteiger partial charge is 0.234 e. The van der Waals surface area contributed by atoms with Crippen molar-refractivity contribution in [3.8, 4) is 45.0 Å². The third-order valence-electron chi connectivity index (χ3n) is 5.28. The van der Waals surface area contributed by atoms with Gasteiger partial charge < -0.3 is 19.5 Å². The number of rotatable bonds is 9. The zero-order valence-electron chi connectivity index (χ0n) is 19.9. The number of carbonyl (C=O) groups is 1. The lowest BCUT2D eigenvalue weighted by molar-refractivity contribution is -0.113. The van der Waals surface area contributed by atoms with Crippen molar-refractivity contribution in [1.29, 1.82) is 5.26 Å². The highest BCUT2D eigenvalue weighted by Gasteiger charge is 2.18. The Morgan fingerprint density at radius 2 is 1.81 bits per heavy atom. The Hall–Kier alpha value is -4.00. The van der Waals surface area contributed by atoms with Crippen LogP contribution in [0, 0.1) is 11.3 Å². The first-order chi connectivity index (χ1) is 17.6. The van der Waals surface area contributed by atoms with Crippen molar-refractivity contribution in [1.82, 2.24) is 4.98 Å². The molecule has 2 aromatic heterocycles. The Labute approximate surface area is 217 Å². The molecule has 0 fully saturated rings. The normalized spacial score (nSPS) is 10.4. The average molecular weight is 518 g/mol. The lowest BCUT2D eigenvalue weighted by atomic mass is 10.0. The van der Waals surface area contributed by atoms with E-state index in [2.05, 4.69) is 11.4 Å². The molecule has 0 bridgehead atoms. The van der Waals surface area contributed by atoms with Crippen molar-refractivity contribution in [2.75, 3.05) is 32.4 Å². The molecule has 0 spiro atoms. The maximum Gasteiger partial charge on any atom is 0.234 e.